The SMILES string of the molecule is CCOc1ccc(C(C[SiH3])(OC(C[SiH3])(c2ccc(OCC)cc2)c2cccc(Oc3ccccc3)c2)c2cccc(Oc3ccccc3)c2)cc1. The van der Waals surface area contributed by atoms with Gasteiger partial charge in [-0.3, -0.25) is 0 Å². The summed E-state index contributed by atoms with van der Waals surface area (Å²) in [4.78, 5) is 0. The van der Waals surface area contributed by atoms with Crippen LogP contribution < -0.4 is 18.9 Å². The lowest BCUT2D eigenvalue weighted by atomic mass is 9.82. The second-order valence-corrected chi connectivity index (χ2v) is 13.7. The van der Waals surface area contributed by atoms with Crippen LogP contribution in [0, 0.1) is 0 Å². The summed E-state index contributed by atoms with van der Waals surface area (Å²) in [5.41, 5.74) is 2.51. The van der Waals surface area contributed by atoms with Crippen LogP contribution in [-0.2, 0) is 15.9 Å². The van der Waals surface area contributed by atoms with Crippen molar-refractivity contribution in [2.24, 2.45) is 0 Å². The van der Waals surface area contributed by atoms with Crippen LogP contribution in [0.3, 0.4) is 0 Å². The second kappa shape index (κ2) is 16.7. The molecular formula is C44H46O5Si2. The van der Waals surface area contributed by atoms with Crippen LogP contribution in [0.15, 0.2) is 158 Å². The predicted molar refractivity (Wildman–Crippen MR) is 213 cm³/mol. The monoisotopic (exact) mass is 710 g/mol. The van der Waals surface area contributed by atoms with Gasteiger partial charge in [-0.05, 0) is 121 Å². The van der Waals surface area contributed by atoms with Gasteiger partial charge in [0.25, 0.3) is 0 Å². The molecule has 0 saturated heterocycles. The van der Waals surface area contributed by atoms with Crippen LogP contribution in [0.25, 0.3) is 0 Å². The fraction of sp³-hybridized carbons (Fsp3) is 0.182. The summed E-state index contributed by atoms with van der Waals surface area (Å²) in [6.45, 7) is 5.21. The van der Waals surface area contributed by atoms with Crippen molar-refractivity contribution in [2.45, 2.75) is 37.1 Å². The van der Waals surface area contributed by atoms with E-state index in [2.05, 4.69) is 60.7 Å². The largest absolute Gasteiger partial charge is 0.494 e. The molecule has 0 spiro atoms. The standard InChI is InChI=1S/C44H46O5Si2/c1-3-45-37-25-21-33(22-26-37)43(31-50,35-13-11-19-41(29-35)47-39-15-7-5-8-16-39)49-44(32-51,34-23-27-38(28-24-34)46-4-2)36-14-12-20-42(30-36)48-40-17-9-6-10-18-40/h5-30H,3-4,31-32H2,1-2,50-51H3. The molecule has 0 amide bonds. The van der Waals surface area contributed by atoms with Gasteiger partial charge in [0.15, 0.2) is 0 Å². The van der Waals surface area contributed by atoms with E-state index in [-0.39, 0.29) is 0 Å². The summed E-state index contributed by atoms with van der Waals surface area (Å²) in [6.07, 6.45) is 0. The minimum Gasteiger partial charge on any atom is -0.494 e. The average Bonchev–Trinajstić information content (AvgIpc) is 3.18. The van der Waals surface area contributed by atoms with E-state index in [1.54, 1.807) is 0 Å². The molecule has 2 atom stereocenters. The molecule has 0 heterocycles. The highest BCUT2D eigenvalue weighted by Crippen LogP contribution is 2.49. The van der Waals surface area contributed by atoms with Crippen LogP contribution in [-0.4, -0.2) is 33.7 Å². The van der Waals surface area contributed by atoms with E-state index in [1.165, 1.54) is 0 Å². The Hall–Kier alpha value is -5.09. The maximum Gasteiger partial charge on any atom is 0.127 e. The lowest BCUT2D eigenvalue weighted by molar-refractivity contribution is -0.106. The summed E-state index contributed by atoms with van der Waals surface area (Å²) in [6, 6.07) is 54.9. The molecule has 0 N–H and O–H groups in total. The molecule has 6 aromatic carbocycles. The lowest BCUT2D eigenvalue weighted by Gasteiger charge is -2.45. The zero-order valence-electron chi connectivity index (χ0n) is 29.9. The molecule has 260 valence electrons. The highest BCUT2D eigenvalue weighted by molar-refractivity contribution is 6.10. The van der Waals surface area contributed by atoms with Crippen LogP contribution in [0.4, 0.5) is 0 Å². The fourth-order valence-electron chi connectivity index (χ4n) is 6.67. The van der Waals surface area contributed by atoms with E-state index in [0.29, 0.717) is 13.2 Å². The van der Waals surface area contributed by atoms with Crippen molar-refractivity contribution in [1.82, 2.24) is 0 Å². The third-order valence-corrected chi connectivity index (χ3v) is 11.2. The van der Waals surface area contributed by atoms with E-state index in [4.69, 9.17) is 23.7 Å². The third kappa shape index (κ3) is 8.12. The maximum absolute atomic E-state index is 7.96. The summed E-state index contributed by atoms with van der Waals surface area (Å²) in [5.74, 6) is 4.73. The molecule has 51 heavy (non-hydrogen) atoms. The topological polar surface area (TPSA) is 46.2 Å². The molecule has 6 aromatic rings. The van der Waals surface area contributed by atoms with Crippen molar-refractivity contribution in [3.8, 4) is 34.5 Å². The van der Waals surface area contributed by atoms with Crippen molar-refractivity contribution in [1.29, 1.82) is 0 Å². The van der Waals surface area contributed by atoms with Crippen LogP contribution in [0.5, 0.6) is 34.5 Å². The average molecular weight is 711 g/mol. The zero-order chi connectivity index (χ0) is 35.5. The molecule has 0 radical (unpaired) electrons. The highest BCUT2D eigenvalue weighted by atomic mass is 28.1. The Morgan fingerprint density at radius 1 is 0.392 bits per heavy atom. The van der Waals surface area contributed by atoms with Crippen LogP contribution in [0.2, 0.25) is 12.1 Å². The van der Waals surface area contributed by atoms with Crippen molar-refractivity contribution in [3.05, 3.63) is 180 Å². The highest BCUT2D eigenvalue weighted by Gasteiger charge is 2.45. The molecule has 7 heteroatoms. The van der Waals surface area contributed by atoms with Gasteiger partial charge in [0.1, 0.15) is 45.7 Å². The zero-order valence-corrected chi connectivity index (χ0v) is 33.9. The first kappa shape index (κ1) is 35.7. The van der Waals surface area contributed by atoms with E-state index in [1.807, 2.05) is 111 Å². The quantitative estimate of drug-likeness (QED) is 0.0940. The van der Waals surface area contributed by atoms with Gasteiger partial charge in [0.2, 0.25) is 0 Å². The molecule has 2 unspecified atom stereocenters. The van der Waals surface area contributed by atoms with Crippen molar-refractivity contribution in [3.63, 3.8) is 0 Å². The Balaban J connectivity index is 1.54. The first-order chi connectivity index (χ1) is 25.0. The van der Waals surface area contributed by atoms with Crippen molar-refractivity contribution < 1.29 is 23.7 Å². The van der Waals surface area contributed by atoms with Crippen molar-refractivity contribution in [2.75, 3.05) is 13.2 Å². The van der Waals surface area contributed by atoms with Gasteiger partial charge < -0.3 is 23.7 Å². The minimum atomic E-state index is -0.827. The van der Waals surface area contributed by atoms with Crippen LogP contribution >= 0.6 is 0 Å². The second-order valence-electron chi connectivity index (χ2n) is 12.3. The lowest BCUT2D eigenvalue weighted by Crippen LogP contribution is -2.42. The first-order valence-corrected chi connectivity index (χ1v) is 20.7. The number of para-hydroxylation sites is 2. The molecule has 0 aliphatic carbocycles. The van der Waals surface area contributed by atoms with Crippen LogP contribution in [0.1, 0.15) is 36.1 Å². The van der Waals surface area contributed by atoms with E-state index >= 15 is 0 Å². The third-order valence-electron chi connectivity index (χ3n) is 9.17. The molecule has 6 rings (SSSR count). The molecule has 5 nitrogen and oxygen atoms in total. The maximum atomic E-state index is 7.96. The number of benzene rings is 6. The Bertz CT molecular complexity index is 1830. The van der Waals surface area contributed by atoms with Gasteiger partial charge in [-0.15, -0.1) is 0 Å². The number of rotatable bonds is 16. The molecule has 0 bridgehead atoms. The van der Waals surface area contributed by atoms with Gasteiger partial charge in [0, 0.05) is 20.5 Å². The van der Waals surface area contributed by atoms with E-state index in [9.17, 15) is 0 Å². The first-order valence-electron chi connectivity index (χ1n) is 17.9. The molecule has 0 fully saturated rings. The van der Waals surface area contributed by atoms with Gasteiger partial charge >= 0.3 is 0 Å². The fourth-order valence-corrected chi connectivity index (χ4v) is 8.59. The molecular weight excluding hydrogens is 665 g/mol. The summed E-state index contributed by atoms with van der Waals surface area (Å²) in [5, 5.41) is 0. The summed E-state index contributed by atoms with van der Waals surface area (Å²) < 4.78 is 32.5. The molecule has 0 aliphatic rings. The molecule has 0 saturated carbocycles. The minimum absolute atomic E-state index is 0.600. The predicted octanol–water partition coefficient (Wildman–Crippen LogP) is 8.84. The van der Waals surface area contributed by atoms with Gasteiger partial charge in [0.05, 0.1) is 13.2 Å². The number of hydrogen-bond donors (Lipinski definition) is 0. The molecule has 0 aromatic heterocycles. The normalized spacial score (nSPS) is 13.5. The van der Waals surface area contributed by atoms with Crippen molar-refractivity contribution >= 4 is 20.5 Å². The van der Waals surface area contributed by atoms with E-state index in [0.717, 1.165) is 89.3 Å². The summed E-state index contributed by atoms with van der Waals surface area (Å²) in [7, 11) is 1.72. The summed E-state index contributed by atoms with van der Waals surface area (Å²) >= 11 is 0. The number of ether oxygens (including phenoxy) is 5. The smallest absolute Gasteiger partial charge is 0.127 e. The molecule has 0 aliphatic heterocycles. The van der Waals surface area contributed by atoms with Gasteiger partial charge in [-0.25, -0.2) is 0 Å². The van der Waals surface area contributed by atoms with Gasteiger partial charge in [-0.2, -0.15) is 0 Å². The number of hydrogen-bond acceptors (Lipinski definition) is 5. The Morgan fingerprint density at radius 2 is 0.765 bits per heavy atom. The Morgan fingerprint density at radius 3 is 1.12 bits per heavy atom. The Labute approximate surface area is 308 Å². The Kier molecular flexibility index (Phi) is 11.7. The van der Waals surface area contributed by atoms with Gasteiger partial charge in [-0.1, -0.05) is 84.9 Å². The van der Waals surface area contributed by atoms with E-state index < -0.39 is 11.2 Å².